The molecule has 0 aliphatic heterocycles. The second kappa shape index (κ2) is 7.67. The van der Waals surface area contributed by atoms with Crippen molar-refractivity contribution in [1.29, 1.82) is 0 Å². The van der Waals surface area contributed by atoms with Crippen molar-refractivity contribution in [2.75, 3.05) is 11.3 Å². The Morgan fingerprint density at radius 3 is 2.81 bits per heavy atom. The molecular weight excluding hydrogens is 419 g/mol. The van der Waals surface area contributed by atoms with Crippen LogP contribution in [0.4, 0.5) is 10.1 Å². The number of halogens is 2. The third-order valence-corrected chi connectivity index (χ3v) is 6.53. The van der Waals surface area contributed by atoms with Gasteiger partial charge in [-0.3, -0.25) is 4.72 Å². The average Bonchev–Trinajstić information content (AvgIpc) is 3.26. The van der Waals surface area contributed by atoms with Crippen LogP contribution in [0.25, 0.3) is 10.6 Å². The topological polar surface area (TPSA) is 98.5 Å². The van der Waals surface area contributed by atoms with E-state index < -0.39 is 21.8 Å². The van der Waals surface area contributed by atoms with Crippen LogP contribution in [0.1, 0.15) is 17.4 Å². The maximum absolute atomic E-state index is 13.1. The molecule has 2 heterocycles. The average molecular weight is 431 g/mol. The number of sulfonamides is 1. The first kappa shape index (κ1) is 19.3. The van der Waals surface area contributed by atoms with Gasteiger partial charge in [0.2, 0.25) is 0 Å². The van der Waals surface area contributed by atoms with Crippen LogP contribution >= 0.6 is 22.9 Å². The third kappa shape index (κ3) is 4.29. The smallest absolute Gasteiger partial charge is 0.360 e. The zero-order valence-electron chi connectivity index (χ0n) is 13.7. The highest BCUT2D eigenvalue weighted by molar-refractivity contribution is 7.94. The molecule has 11 heteroatoms. The Balaban J connectivity index is 1.83. The van der Waals surface area contributed by atoms with Crippen LogP contribution in [0, 0.1) is 5.82 Å². The molecule has 2 aromatic heterocycles. The fourth-order valence-electron chi connectivity index (χ4n) is 2.06. The highest BCUT2D eigenvalue weighted by Crippen LogP contribution is 2.33. The molecule has 27 heavy (non-hydrogen) atoms. The van der Waals surface area contributed by atoms with Gasteiger partial charge in [0, 0.05) is 6.07 Å². The van der Waals surface area contributed by atoms with E-state index in [0.717, 1.165) is 23.5 Å². The molecule has 1 aromatic carbocycles. The van der Waals surface area contributed by atoms with Crippen molar-refractivity contribution in [3.05, 3.63) is 52.9 Å². The van der Waals surface area contributed by atoms with Gasteiger partial charge in [-0.25, -0.2) is 17.6 Å². The van der Waals surface area contributed by atoms with E-state index in [1.807, 2.05) is 0 Å². The quantitative estimate of drug-likeness (QED) is 0.589. The van der Waals surface area contributed by atoms with Gasteiger partial charge in [-0.15, -0.1) is 11.3 Å². The van der Waals surface area contributed by atoms with Gasteiger partial charge in [0.05, 0.1) is 22.2 Å². The van der Waals surface area contributed by atoms with Gasteiger partial charge in [0.25, 0.3) is 10.0 Å². The predicted octanol–water partition coefficient (Wildman–Crippen LogP) is 4.17. The molecule has 0 spiro atoms. The lowest BCUT2D eigenvalue weighted by Gasteiger charge is -2.07. The SMILES string of the molecule is CCOC(=O)c1cc(-c2ccc(S(=O)(=O)Nc3ccc(F)cc3Cl)s2)on1. The summed E-state index contributed by atoms with van der Waals surface area (Å²) >= 11 is 6.76. The Morgan fingerprint density at radius 2 is 2.11 bits per heavy atom. The number of carbonyl (C=O) groups is 1. The summed E-state index contributed by atoms with van der Waals surface area (Å²) in [6.45, 7) is 1.86. The first-order chi connectivity index (χ1) is 12.8. The predicted molar refractivity (Wildman–Crippen MR) is 98.0 cm³/mol. The molecule has 0 aliphatic rings. The molecule has 3 aromatic rings. The van der Waals surface area contributed by atoms with E-state index in [-0.39, 0.29) is 33.0 Å². The minimum Gasteiger partial charge on any atom is -0.461 e. The highest BCUT2D eigenvalue weighted by Gasteiger charge is 2.21. The monoisotopic (exact) mass is 430 g/mol. The van der Waals surface area contributed by atoms with Crippen molar-refractivity contribution in [1.82, 2.24) is 5.16 Å². The Hall–Kier alpha value is -2.43. The van der Waals surface area contributed by atoms with E-state index in [4.69, 9.17) is 20.9 Å². The maximum atomic E-state index is 13.1. The zero-order chi connectivity index (χ0) is 19.6. The summed E-state index contributed by atoms with van der Waals surface area (Å²) in [7, 11) is -3.95. The number of aromatic nitrogens is 1. The number of hydrogen-bond donors (Lipinski definition) is 1. The normalized spacial score (nSPS) is 11.4. The molecule has 0 unspecified atom stereocenters. The van der Waals surface area contributed by atoms with Crippen LogP contribution < -0.4 is 4.72 Å². The highest BCUT2D eigenvalue weighted by atomic mass is 35.5. The van der Waals surface area contributed by atoms with Crippen molar-refractivity contribution in [2.45, 2.75) is 11.1 Å². The molecule has 0 saturated heterocycles. The first-order valence-corrected chi connectivity index (χ1v) is 10.2. The zero-order valence-corrected chi connectivity index (χ0v) is 16.1. The molecule has 0 atom stereocenters. The molecule has 0 bridgehead atoms. The molecule has 142 valence electrons. The Bertz CT molecular complexity index is 1090. The van der Waals surface area contributed by atoms with Crippen molar-refractivity contribution in [2.24, 2.45) is 0 Å². The lowest BCUT2D eigenvalue weighted by atomic mass is 10.3. The van der Waals surface area contributed by atoms with Crippen LogP contribution in [0.2, 0.25) is 5.02 Å². The molecular formula is C16H12ClFN2O5S2. The summed E-state index contributed by atoms with van der Waals surface area (Å²) in [5.74, 6) is -0.988. The number of thiophene rings is 1. The van der Waals surface area contributed by atoms with E-state index in [2.05, 4.69) is 9.88 Å². The van der Waals surface area contributed by atoms with Crippen LogP contribution in [0.3, 0.4) is 0 Å². The standard InChI is InChI=1S/C16H12ClFN2O5S2/c1-2-24-16(21)12-8-13(25-19-12)14-5-6-15(26-14)27(22,23)20-11-4-3-9(18)7-10(11)17/h3-8,20H,2H2,1H3. The van der Waals surface area contributed by atoms with Crippen LogP contribution in [0.5, 0.6) is 0 Å². The summed E-state index contributed by atoms with van der Waals surface area (Å²) in [6, 6.07) is 7.57. The van der Waals surface area contributed by atoms with Crippen LogP contribution in [0.15, 0.2) is 45.1 Å². The van der Waals surface area contributed by atoms with Crippen molar-refractivity contribution < 1.29 is 26.9 Å². The molecule has 3 rings (SSSR count). The van der Waals surface area contributed by atoms with E-state index >= 15 is 0 Å². The number of nitrogens with one attached hydrogen (secondary N) is 1. The minimum absolute atomic E-state index is 0.0131. The fourth-order valence-corrected chi connectivity index (χ4v) is 4.66. The summed E-state index contributed by atoms with van der Waals surface area (Å²) < 4.78 is 50.3. The lowest BCUT2D eigenvalue weighted by Crippen LogP contribution is -2.11. The molecule has 0 radical (unpaired) electrons. The second-order valence-electron chi connectivity index (χ2n) is 5.15. The summed E-state index contributed by atoms with van der Waals surface area (Å²) in [5, 5.41) is 3.54. The lowest BCUT2D eigenvalue weighted by molar-refractivity contribution is 0.0514. The molecule has 0 amide bonds. The largest absolute Gasteiger partial charge is 0.461 e. The molecule has 0 fully saturated rings. The van der Waals surface area contributed by atoms with Gasteiger partial charge in [-0.05, 0) is 37.3 Å². The number of anilines is 1. The van der Waals surface area contributed by atoms with E-state index in [1.54, 1.807) is 6.92 Å². The van der Waals surface area contributed by atoms with Gasteiger partial charge in [0.1, 0.15) is 10.0 Å². The number of nitrogens with zero attached hydrogens (tertiary/aromatic N) is 1. The summed E-state index contributed by atoms with van der Waals surface area (Å²) in [5.41, 5.74) is 0.0400. The second-order valence-corrected chi connectivity index (χ2v) is 8.55. The van der Waals surface area contributed by atoms with E-state index in [0.29, 0.717) is 4.88 Å². The Kier molecular flexibility index (Phi) is 5.49. The van der Waals surface area contributed by atoms with Crippen molar-refractivity contribution >= 4 is 44.6 Å². The van der Waals surface area contributed by atoms with Gasteiger partial charge < -0.3 is 9.26 Å². The maximum Gasteiger partial charge on any atom is 0.360 e. The van der Waals surface area contributed by atoms with Crippen molar-refractivity contribution in [3.63, 3.8) is 0 Å². The minimum atomic E-state index is -3.95. The Labute approximate surface area is 162 Å². The van der Waals surface area contributed by atoms with Gasteiger partial charge in [-0.1, -0.05) is 16.8 Å². The van der Waals surface area contributed by atoms with Gasteiger partial charge >= 0.3 is 5.97 Å². The van der Waals surface area contributed by atoms with E-state index in [9.17, 15) is 17.6 Å². The third-order valence-electron chi connectivity index (χ3n) is 3.26. The number of carbonyl (C=O) groups excluding carboxylic acids is 1. The number of benzene rings is 1. The van der Waals surface area contributed by atoms with Gasteiger partial charge in [-0.2, -0.15) is 0 Å². The van der Waals surface area contributed by atoms with Gasteiger partial charge in [0.15, 0.2) is 11.5 Å². The number of rotatable bonds is 6. The molecule has 0 saturated carbocycles. The summed E-state index contributed by atoms with van der Waals surface area (Å²) in [6.07, 6.45) is 0. The van der Waals surface area contributed by atoms with Crippen molar-refractivity contribution in [3.8, 4) is 10.6 Å². The van der Waals surface area contributed by atoms with Crippen LogP contribution in [-0.2, 0) is 14.8 Å². The number of esters is 1. The number of hydrogen-bond acceptors (Lipinski definition) is 7. The molecule has 7 nitrogen and oxygen atoms in total. The molecule has 1 N–H and O–H groups in total. The number of ether oxygens (including phenoxy) is 1. The fraction of sp³-hybridized carbons (Fsp3) is 0.125. The van der Waals surface area contributed by atoms with Crippen LogP contribution in [-0.4, -0.2) is 26.2 Å². The Morgan fingerprint density at radius 1 is 1.33 bits per heavy atom. The first-order valence-electron chi connectivity index (χ1n) is 7.52. The summed E-state index contributed by atoms with van der Waals surface area (Å²) in [4.78, 5) is 12.1. The van der Waals surface area contributed by atoms with E-state index in [1.165, 1.54) is 24.3 Å². The molecule has 0 aliphatic carbocycles.